The zero-order valence-corrected chi connectivity index (χ0v) is 10.5. The van der Waals surface area contributed by atoms with Crippen LogP contribution in [0.4, 0.5) is 0 Å². The molecule has 1 rings (SSSR count). The van der Waals surface area contributed by atoms with Crippen molar-refractivity contribution < 1.29 is 14.6 Å². The molecule has 0 aliphatic heterocycles. The summed E-state index contributed by atoms with van der Waals surface area (Å²) in [6, 6.07) is 5.33. The van der Waals surface area contributed by atoms with Crippen LogP contribution in [0, 0.1) is 0 Å². The predicted octanol–water partition coefficient (Wildman–Crippen LogP) is 2.82. The smallest absolute Gasteiger partial charge is 0.313 e. The molecule has 0 radical (unpaired) electrons. The molecule has 15 heavy (non-hydrogen) atoms. The summed E-state index contributed by atoms with van der Waals surface area (Å²) < 4.78 is 6.03. The lowest BCUT2D eigenvalue weighted by Crippen LogP contribution is -2.29. The fraction of sp³-hybridized carbons (Fsp3) is 0.364. The molecule has 3 nitrogen and oxygen atoms in total. The molecule has 1 aromatic rings. The Morgan fingerprint density at radius 2 is 2.07 bits per heavy atom. The largest absolute Gasteiger partial charge is 0.496 e. The topological polar surface area (TPSA) is 46.5 Å². The number of carboxylic acids is 1. The highest BCUT2D eigenvalue weighted by Crippen LogP contribution is 2.33. The number of rotatable bonds is 3. The molecule has 0 bridgehead atoms. The lowest BCUT2D eigenvalue weighted by atomic mass is 9.84. The summed E-state index contributed by atoms with van der Waals surface area (Å²) in [7, 11) is 1.53. The highest BCUT2D eigenvalue weighted by atomic mass is 79.9. The first kappa shape index (κ1) is 12.0. The monoisotopic (exact) mass is 272 g/mol. The number of carbonyl (C=O) groups is 1. The summed E-state index contributed by atoms with van der Waals surface area (Å²) in [4.78, 5) is 11.1. The molecule has 0 atom stereocenters. The third-order valence-corrected chi connectivity index (χ3v) is 2.86. The number of carboxylic acid groups (broad SMARTS) is 1. The number of hydrogen-bond donors (Lipinski definition) is 1. The number of benzene rings is 1. The Bertz CT molecular complexity index is 385. The van der Waals surface area contributed by atoms with Gasteiger partial charge in [0.25, 0.3) is 0 Å². The average molecular weight is 273 g/mol. The Hall–Kier alpha value is -1.03. The van der Waals surface area contributed by atoms with Crippen LogP contribution in [0.2, 0.25) is 0 Å². The van der Waals surface area contributed by atoms with Crippen molar-refractivity contribution in [1.82, 2.24) is 0 Å². The Labute approximate surface area is 97.2 Å². The van der Waals surface area contributed by atoms with E-state index in [1.807, 2.05) is 6.07 Å². The van der Waals surface area contributed by atoms with Gasteiger partial charge in [0.2, 0.25) is 0 Å². The number of methoxy groups -OCH3 is 1. The molecule has 0 spiro atoms. The van der Waals surface area contributed by atoms with Crippen molar-refractivity contribution in [2.45, 2.75) is 19.3 Å². The molecule has 0 amide bonds. The first-order valence-electron chi connectivity index (χ1n) is 4.47. The van der Waals surface area contributed by atoms with E-state index in [9.17, 15) is 4.79 Å². The molecule has 0 aromatic heterocycles. The summed E-state index contributed by atoms with van der Waals surface area (Å²) >= 11 is 3.31. The number of hydrogen-bond acceptors (Lipinski definition) is 2. The van der Waals surface area contributed by atoms with Gasteiger partial charge in [0, 0.05) is 10.0 Å². The van der Waals surface area contributed by atoms with E-state index in [-0.39, 0.29) is 0 Å². The lowest BCUT2D eigenvalue weighted by Gasteiger charge is -2.22. The number of aliphatic carboxylic acids is 1. The van der Waals surface area contributed by atoms with Crippen LogP contribution in [0.15, 0.2) is 22.7 Å². The van der Waals surface area contributed by atoms with Crippen molar-refractivity contribution in [2.75, 3.05) is 7.11 Å². The minimum absolute atomic E-state index is 0.580. The summed E-state index contributed by atoms with van der Waals surface area (Å²) in [5.74, 6) is -0.292. The molecule has 0 saturated carbocycles. The maximum absolute atomic E-state index is 11.1. The van der Waals surface area contributed by atoms with Gasteiger partial charge in [-0.2, -0.15) is 0 Å². The van der Waals surface area contributed by atoms with Gasteiger partial charge in [-0.05, 0) is 26.0 Å². The molecule has 0 aliphatic rings. The molecule has 0 heterocycles. The van der Waals surface area contributed by atoms with Crippen LogP contribution < -0.4 is 4.74 Å². The Balaban J connectivity index is 3.31. The molecule has 1 N–H and O–H groups in total. The zero-order valence-electron chi connectivity index (χ0n) is 8.87. The SMILES string of the molecule is COc1cc(Br)ccc1C(C)(C)C(=O)O. The van der Waals surface area contributed by atoms with Crippen molar-refractivity contribution in [1.29, 1.82) is 0 Å². The summed E-state index contributed by atoms with van der Waals surface area (Å²) in [5.41, 5.74) is -0.285. The molecule has 82 valence electrons. The summed E-state index contributed by atoms with van der Waals surface area (Å²) in [6.45, 7) is 3.31. The first-order valence-corrected chi connectivity index (χ1v) is 5.26. The summed E-state index contributed by atoms with van der Waals surface area (Å²) in [5, 5.41) is 9.12. The van der Waals surface area contributed by atoms with E-state index in [1.165, 1.54) is 7.11 Å². The van der Waals surface area contributed by atoms with Crippen molar-refractivity contribution >= 4 is 21.9 Å². The fourth-order valence-electron chi connectivity index (χ4n) is 1.30. The second-order valence-electron chi connectivity index (χ2n) is 3.77. The highest BCUT2D eigenvalue weighted by molar-refractivity contribution is 9.10. The van der Waals surface area contributed by atoms with Gasteiger partial charge in [0.05, 0.1) is 12.5 Å². The van der Waals surface area contributed by atoms with Crippen LogP contribution in [0.5, 0.6) is 5.75 Å². The molecule has 4 heteroatoms. The van der Waals surface area contributed by atoms with Crippen molar-refractivity contribution in [3.8, 4) is 5.75 Å². The van der Waals surface area contributed by atoms with E-state index < -0.39 is 11.4 Å². The molecular formula is C11H13BrO3. The van der Waals surface area contributed by atoms with Crippen LogP contribution in [-0.4, -0.2) is 18.2 Å². The van der Waals surface area contributed by atoms with Gasteiger partial charge in [-0.3, -0.25) is 4.79 Å². The van der Waals surface area contributed by atoms with Gasteiger partial charge in [-0.15, -0.1) is 0 Å². The van der Waals surface area contributed by atoms with Crippen molar-refractivity contribution in [3.05, 3.63) is 28.2 Å². The van der Waals surface area contributed by atoms with Crippen LogP contribution in [0.1, 0.15) is 19.4 Å². The van der Waals surface area contributed by atoms with Crippen molar-refractivity contribution in [2.24, 2.45) is 0 Å². The van der Waals surface area contributed by atoms with E-state index in [1.54, 1.807) is 26.0 Å². The molecule has 0 unspecified atom stereocenters. The average Bonchev–Trinajstić information content (AvgIpc) is 2.16. The van der Waals surface area contributed by atoms with E-state index in [0.29, 0.717) is 11.3 Å². The van der Waals surface area contributed by atoms with Gasteiger partial charge in [0.15, 0.2) is 0 Å². The van der Waals surface area contributed by atoms with E-state index in [2.05, 4.69) is 15.9 Å². The van der Waals surface area contributed by atoms with Crippen molar-refractivity contribution in [3.63, 3.8) is 0 Å². The maximum Gasteiger partial charge on any atom is 0.313 e. The van der Waals surface area contributed by atoms with E-state index >= 15 is 0 Å². The fourth-order valence-corrected chi connectivity index (χ4v) is 1.64. The highest BCUT2D eigenvalue weighted by Gasteiger charge is 2.32. The lowest BCUT2D eigenvalue weighted by molar-refractivity contribution is -0.142. The first-order chi connectivity index (χ1) is 6.89. The number of halogens is 1. The van der Waals surface area contributed by atoms with Gasteiger partial charge < -0.3 is 9.84 Å². The third kappa shape index (κ3) is 2.31. The minimum Gasteiger partial charge on any atom is -0.496 e. The molecule has 0 fully saturated rings. The standard InChI is InChI=1S/C11H13BrO3/c1-11(2,10(13)14)8-5-4-7(12)6-9(8)15-3/h4-6H,1-3H3,(H,13,14). The van der Waals surface area contributed by atoms with E-state index in [4.69, 9.17) is 9.84 Å². The van der Waals surface area contributed by atoms with Crippen LogP contribution >= 0.6 is 15.9 Å². The maximum atomic E-state index is 11.1. The van der Waals surface area contributed by atoms with E-state index in [0.717, 1.165) is 4.47 Å². The van der Waals surface area contributed by atoms with Gasteiger partial charge >= 0.3 is 5.97 Å². The third-order valence-electron chi connectivity index (χ3n) is 2.37. The Kier molecular flexibility index (Phi) is 3.39. The molecule has 0 saturated heterocycles. The minimum atomic E-state index is -0.952. The van der Waals surface area contributed by atoms with Crippen LogP contribution in [-0.2, 0) is 10.2 Å². The summed E-state index contributed by atoms with van der Waals surface area (Å²) in [6.07, 6.45) is 0. The molecule has 1 aromatic carbocycles. The normalized spacial score (nSPS) is 11.2. The second-order valence-corrected chi connectivity index (χ2v) is 4.69. The number of ether oxygens (including phenoxy) is 1. The van der Waals surface area contributed by atoms with Gasteiger partial charge in [-0.1, -0.05) is 22.0 Å². The zero-order chi connectivity index (χ0) is 11.6. The quantitative estimate of drug-likeness (QED) is 0.921. The van der Waals surface area contributed by atoms with Crippen LogP contribution in [0.3, 0.4) is 0 Å². The Morgan fingerprint density at radius 3 is 2.53 bits per heavy atom. The van der Waals surface area contributed by atoms with Gasteiger partial charge in [-0.25, -0.2) is 0 Å². The second kappa shape index (κ2) is 4.23. The van der Waals surface area contributed by atoms with Crippen LogP contribution in [0.25, 0.3) is 0 Å². The predicted molar refractivity (Wildman–Crippen MR) is 61.4 cm³/mol. The van der Waals surface area contributed by atoms with Gasteiger partial charge in [0.1, 0.15) is 5.75 Å². The molecular weight excluding hydrogens is 260 g/mol. The Morgan fingerprint density at radius 1 is 1.47 bits per heavy atom. The molecule has 0 aliphatic carbocycles.